The molecule has 1 aromatic carbocycles. The molecular weight excluding hydrogens is 365 g/mol. The van der Waals surface area contributed by atoms with Crippen LogP contribution in [0.2, 0.25) is 0 Å². The van der Waals surface area contributed by atoms with Gasteiger partial charge in [0.1, 0.15) is 11.9 Å². The number of epoxide rings is 1. The Labute approximate surface area is 161 Å². The Balaban J connectivity index is 1.40. The van der Waals surface area contributed by atoms with E-state index >= 15 is 0 Å². The SMILES string of the molecule is CC1OC1Oc1cc2c(s1)CCN(C(C(=O)C1CC1)c1ccccc1F)C2. The number of carbonyl (C=O) groups is 1. The average molecular weight is 387 g/mol. The second-order valence-electron chi connectivity index (χ2n) is 7.66. The summed E-state index contributed by atoms with van der Waals surface area (Å²) in [5, 5.41) is 0.868. The van der Waals surface area contributed by atoms with Crippen molar-refractivity contribution in [1.29, 1.82) is 0 Å². The van der Waals surface area contributed by atoms with Crippen molar-refractivity contribution >= 4 is 17.1 Å². The van der Waals surface area contributed by atoms with Crippen LogP contribution >= 0.6 is 11.3 Å². The highest BCUT2D eigenvalue weighted by molar-refractivity contribution is 7.14. The van der Waals surface area contributed by atoms with E-state index < -0.39 is 6.04 Å². The first-order valence-electron chi connectivity index (χ1n) is 9.56. The van der Waals surface area contributed by atoms with Gasteiger partial charge < -0.3 is 9.47 Å². The number of thiophene rings is 1. The van der Waals surface area contributed by atoms with Gasteiger partial charge in [0.15, 0.2) is 10.8 Å². The summed E-state index contributed by atoms with van der Waals surface area (Å²) in [4.78, 5) is 16.4. The average Bonchev–Trinajstić information content (AvgIpc) is 3.56. The number of nitrogens with zero attached hydrogens (tertiary/aromatic N) is 1. The topological polar surface area (TPSA) is 42.1 Å². The smallest absolute Gasteiger partial charge is 0.227 e. The first-order chi connectivity index (χ1) is 13.1. The van der Waals surface area contributed by atoms with E-state index in [1.807, 2.05) is 13.0 Å². The Kier molecular flexibility index (Phi) is 4.30. The predicted molar refractivity (Wildman–Crippen MR) is 100 cm³/mol. The Morgan fingerprint density at radius 3 is 2.85 bits per heavy atom. The summed E-state index contributed by atoms with van der Waals surface area (Å²) in [6.07, 6.45) is 2.73. The molecule has 3 atom stereocenters. The Morgan fingerprint density at radius 1 is 1.37 bits per heavy atom. The molecule has 0 N–H and O–H groups in total. The molecule has 0 amide bonds. The van der Waals surface area contributed by atoms with E-state index in [4.69, 9.17) is 9.47 Å². The van der Waals surface area contributed by atoms with Crippen LogP contribution in [0.25, 0.3) is 0 Å². The van der Waals surface area contributed by atoms with Crippen molar-refractivity contribution in [3.63, 3.8) is 0 Å². The molecule has 3 heterocycles. The van der Waals surface area contributed by atoms with Crippen molar-refractivity contribution in [3.8, 4) is 5.06 Å². The van der Waals surface area contributed by atoms with Crippen LogP contribution in [0.4, 0.5) is 4.39 Å². The van der Waals surface area contributed by atoms with Crippen LogP contribution in [0.1, 0.15) is 41.8 Å². The molecule has 6 heteroatoms. The van der Waals surface area contributed by atoms with E-state index in [2.05, 4.69) is 11.0 Å². The number of rotatable bonds is 6. The van der Waals surface area contributed by atoms with Gasteiger partial charge >= 0.3 is 0 Å². The van der Waals surface area contributed by atoms with E-state index in [1.54, 1.807) is 23.5 Å². The fourth-order valence-electron chi connectivity index (χ4n) is 3.83. The highest BCUT2D eigenvalue weighted by Crippen LogP contribution is 2.42. The third kappa shape index (κ3) is 3.42. The van der Waals surface area contributed by atoms with Crippen molar-refractivity contribution in [3.05, 3.63) is 52.2 Å². The van der Waals surface area contributed by atoms with Crippen molar-refractivity contribution in [2.24, 2.45) is 5.92 Å². The van der Waals surface area contributed by atoms with Crippen LogP contribution < -0.4 is 4.74 Å². The monoisotopic (exact) mass is 387 g/mol. The lowest BCUT2D eigenvalue weighted by Crippen LogP contribution is -2.38. The quantitative estimate of drug-likeness (QED) is 0.700. The zero-order chi connectivity index (χ0) is 18.5. The molecule has 0 bridgehead atoms. The van der Waals surface area contributed by atoms with Gasteiger partial charge in [0.2, 0.25) is 6.29 Å². The van der Waals surface area contributed by atoms with Crippen LogP contribution in [0.3, 0.4) is 0 Å². The molecule has 1 aromatic heterocycles. The summed E-state index contributed by atoms with van der Waals surface area (Å²) in [6, 6.07) is 8.25. The maximum absolute atomic E-state index is 14.5. The zero-order valence-electron chi connectivity index (χ0n) is 15.2. The zero-order valence-corrected chi connectivity index (χ0v) is 16.0. The second kappa shape index (κ2) is 6.69. The van der Waals surface area contributed by atoms with Gasteiger partial charge in [0.05, 0.1) is 6.04 Å². The fourth-order valence-corrected chi connectivity index (χ4v) is 4.86. The van der Waals surface area contributed by atoms with E-state index in [0.29, 0.717) is 12.1 Å². The number of hydrogen-bond donors (Lipinski definition) is 0. The van der Waals surface area contributed by atoms with E-state index in [9.17, 15) is 9.18 Å². The van der Waals surface area contributed by atoms with Gasteiger partial charge in [-0.15, -0.1) is 11.3 Å². The van der Waals surface area contributed by atoms with Crippen molar-refractivity contribution in [2.45, 2.75) is 51.2 Å². The normalized spacial score (nSPS) is 25.7. The molecule has 142 valence electrons. The lowest BCUT2D eigenvalue weighted by molar-refractivity contribution is -0.126. The van der Waals surface area contributed by atoms with Gasteiger partial charge in [-0.1, -0.05) is 18.2 Å². The number of hydrogen-bond acceptors (Lipinski definition) is 5. The molecule has 2 fully saturated rings. The first kappa shape index (κ1) is 17.3. The molecule has 2 aliphatic heterocycles. The largest absolute Gasteiger partial charge is 0.453 e. The van der Waals surface area contributed by atoms with Crippen molar-refractivity contribution in [2.75, 3.05) is 6.54 Å². The van der Waals surface area contributed by atoms with Crippen molar-refractivity contribution < 1.29 is 18.7 Å². The maximum atomic E-state index is 14.5. The maximum Gasteiger partial charge on any atom is 0.227 e. The van der Waals surface area contributed by atoms with Crippen molar-refractivity contribution in [1.82, 2.24) is 4.90 Å². The highest BCUT2D eigenvalue weighted by Gasteiger charge is 2.41. The summed E-state index contributed by atoms with van der Waals surface area (Å²) in [7, 11) is 0. The molecule has 1 saturated heterocycles. The molecule has 1 aliphatic carbocycles. The standard InChI is InChI=1S/C21H22FNO3S/c1-12-21(25-12)26-18-10-14-11-23(9-8-17(14)27-18)19(20(24)13-6-7-13)15-4-2-3-5-16(15)22/h2-5,10,12-13,19,21H,6-9,11H2,1H3. The molecule has 2 aromatic rings. The van der Waals surface area contributed by atoms with Crippen LogP contribution in [0.5, 0.6) is 5.06 Å². The van der Waals surface area contributed by atoms with Gasteiger partial charge in [0.25, 0.3) is 0 Å². The van der Waals surface area contributed by atoms with E-state index in [-0.39, 0.29) is 29.9 Å². The van der Waals surface area contributed by atoms with Gasteiger partial charge in [-0.3, -0.25) is 9.69 Å². The van der Waals surface area contributed by atoms with E-state index in [1.165, 1.54) is 16.5 Å². The lowest BCUT2D eigenvalue weighted by atomic mass is 9.95. The molecule has 4 nitrogen and oxygen atoms in total. The number of ether oxygens (including phenoxy) is 2. The fraction of sp³-hybridized carbons (Fsp3) is 0.476. The number of ketones is 1. The third-order valence-corrected chi connectivity index (χ3v) is 6.70. The summed E-state index contributed by atoms with van der Waals surface area (Å²) in [6.45, 7) is 3.39. The highest BCUT2D eigenvalue weighted by atomic mass is 32.1. The molecule has 0 spiro atoms. The molecule has 5 rings (SSSR count). The van der Waals surface area contributed by atoms with Crippen LogP contribution in [0.15, 0.2) is 30.3 Å². The molecule has 3 aliphatic rings. The van der Waals surface area contributed by atoms with Gasteiger partial charge in [0, 0.05) is 29.4 Å². The Morgan fingerprint density at radius 2 is 2.15 bits per heavy atom. The molecule has 1 saturated carbocycles. The minimum atomic E-state index is -0.497. The van der Waals surface area contributed by atoms with Gasteiger partial charge in [-0.25, -0.2) is 4.39 Å². The minimum Gasteiger partial charge on any atom is -0.453 e. The summed E-state index contributed by atoms with van der Waals surface area (Å²) in [5.41, 5.74) is 1.68. The molecular formula is C21H22FNO3S. The van der Waals surface area contributed by atoms with Gasteiger partial charge in [-0.05, 0) is 43.9 Å². The number of fused-ring (bicyclic) bond motifs is 1. The number of benzene rings is 1. The van der Waals surface area contributed by atoms with Crippen LogP contribution in [-0.4, -0.2) is 29.6 Å². The molecule has 3 unspecified atom stereocenters. The van der Waals surface area contributed by atoms with Crippen LogP contribution in [-0.2, 0) is 22.5 Å². The predicted octanol–water partition coefficient (Wildman–Crippen LogP) is 4.09. The third-order valence-electron chi connectivity index (χ3n) is 5.58. The second-order valence-corrected chi connectivity index (χ2v) is 8.76. The van der Waals surface area contributed by atoms with Gasteiger partial charge in [-0.2, -0.15) is 0 Å². The summed E-state index contributed by atoms with van der Waals surface area (Å²) in [5.74, 6) is -0.0437. The number of halogens is 1. The number of carbonyl (C=O) groups excluding carboxylic acids is 1. The summed E-state index contributed by atoms with van der Waals surface area (Å²) >= 11 is 1.66. The van der Waals surface area contributed by atoms with E-state index in [0.717, 1.165) is 30.9 Å². The van der Waals surface area contributed by atoms with Crippen LogP contribution in [0, 0.1) is 11.7 Å². The minimum absolute atomic E-state index is 0.0888. The Hall–Kier alpha value is -1.76. The Bertz CT molecular complexity index is 878. The summed E-state index contributed by atoms with van der Waals surface area (Å²) < 4.78 is 25.7. The number of Topliss-reactive ketones (excluding diaryl/α,β-unsaturated/α-hetero) is 1. The lowest BCUT2D eigenvalue weighted by Gasteiger charge is -2.34. The first-order valence-corrected chi connectivity index (χ1v) is 10.4. The molecule has 0 radical (unpaired) electrons. The molecule has 27 heavy (non-hydrogen) atoms.